The largest absolute Gasteiger partial charge is 0.464 e. The highest BCUT2D eigenvalue weighted by molar-refractivity contribution is 6.05. The van der Waals surface area contributed by atoms with Gasteiger partial charge in [-0.05, 0) is 43.7 Å². The Morgan fingerprint density at radius 1 is 1.08 bits per heavy atom. The van der Waals surface area contributed by atoms with Crippen molar-refractivity contribution in [3.05, 3.63) is 72.0 Å². The van der Waals surface area contributed by atoms with E-state index in [0.717, 1.165) is 23.8 Å². The van der Waals surface area contributed by atoms with Crippen LogP contribution in [0.15, 0.2) is 65.3 Å². The molecule has 0 aliphatic heterocycles. The van der Waals surface area contributed by atoms with Gasteiger partial charge in [0.25, 0.3) is 5.91 Å². The molecule has 1 atom stereocenters. The average Bonchev–Trinajstić information content (AvgIpc) is 3.11. The summed E-state index contributed by atoms with van der Waals surface area (Å²) in [4.78, 5) is 12.5. The Morgan fingerprint density at radius 3 is 2.71 bits per heavy atom. The first-order chi connectivity index (χ1) is 11.8. The second kappa shape index (κ2) is 7.79. The molecule has 2 N–H and O–H groups in total. The summed E-state index contributed by atoms with van der Waals surface area (Å²) in [7, 11) is 1.93. The van der Waals surface area contributed by atoms with Crippen molar-refractivity contribution in [2.75, 3.05) is 13.6 Å². The van der Waals surface area contributed by atoms with E-state index < -0.39 is 0 Å². The lowest BCUT2D eigenvalue weighted by molar-refractivity contribution is 0.0951. The van der Waals surface area contributed by atoms with Gasteiger partial charge in [0.1, 0.15) is 5.58 Å². The summed E-state index contributed by atoms with van der Waals surface area (Å²) in [6.45, 7) is 0.594. The standard InChI is InChI=1S/C20H22N2O2/c1-21-16(11-10-15-6-3-2-4-7-15)14-22-20(23)18-8-5-9-19-17(18)12-13-24-19/h2-9,12-13,16,21H,10-11,14H2,1H3,(H,22,23)/t16-/m1/s1. The summed E-state index contributed by atoms with van der Waals surface area (Å²) in [5.41, 5.74) is 2.70. The summed E-state index contributed by atoms with van der Waals surface area (Å²) in [6.07, 6.45) is 3.56. The maximum absolute atomic E-state index is 12.5. The quantitative estimate of drug-likeness (QED) is 0.701. The number of hydrogen-bond acceptors (Lipinski definition) is 3. The Balaban J connectivity index is 1.57. The molecule has 0 saturated heterocycles. The third-order valence-corrected chi connectivity index (χ3v) is 4.28. The Bertz CT molecular complexity index is 796. The Morgan fingerprint density at radius 2 is 1.92 bits per heavy atom. The maximum Gasteiger partial charge on any atom is 0.252 e. The van der Waals surface area contributed by atoms with E-state index in [2.05, 4.69) is 34.9 Å². The van der Waals surface area contributed by atoms with Crippen molar-refractivity contribution in [2.24, 2.45) is 0 Å². The molecule has 1 heterocycles. The zero-order valence-electron chi connectivity index (χ0n) is 13.8. The van der Waals surface area contributed by atoms with Gasteiger partial charge >= 0.3 is 0 Å². The monoisotopic (exact) mass is 322 g/mol. The highest BCUT2D eigenvalue weighted by atomic mass is 16.3. The molecule has 2 aromatic carbocycles. The summed E-state index contributed by atoms with van der Waals surface area (Å²) < 4.78 is 5.35. The molecule has 3 aromatic rings. The van der Waals surface area contributed by atoms with Crippen LogP contribution in [0.4, 0.5) is 0 Å². The lowest BCUT2D eigenvalue weighted by atomic mass is 10.0. The third kappa shape index (κ3) is 3.84. The van der Waals surface area contributed by atoms with E-state index in [9.17, 15) is 4.79 Å². The van der Waals surface area contributed by atoms with Gasteiger partial charge in [-0.15, -0.1) is 0 Å². The summed E-state index contributed by atoms with van der Waals surface area (Å²) in [5, 5.41) is 7.15. The lowest BCUT2D eigenvalue weighted by Gasteiger charge is -2.17. The molecule has 1 aromatic heterocycles. The maximum atomic E-state index is 12.5. The van der Waals surface area contributed by atoms with Crippen molar-refractivity contribution >= 4 is 16.9 Å². The minimum atomic E-state index is -0.0676. The topological polar surface area (TPSA) is 54.3 Å². The second-order valence-electron chi connectivity index (χ2n) is 5.86. The van der Waals surface area contributed by atoms with Crippen molar-refractivity contribution < 1.29 is 9.21 Å². The number of carbonyl (C=O) groups excluding carboxylic acids is 1. The number of amides is 1. The first-order valence-electron chi connectivity index (χ1n) is 8.23. The molecule has 0 radical (unpaired) electrons. The summed E-state index contributed by atoms with van der Waals surface area (Å²) in [6, 6.07) is 18.0. The number of nitrogens with one attached hydrogen (secondary N) is 2. The highest BCUT2D eigenvalue weighted by Gasteiger charge is 2.13. The van der Waals surface area contributed by atoms with Gasteiger partial charge in [-0.3, -0.25) is 4.79 Å². The molecule has 0 aliphatic carbocycles. The van der Waals surface area contributed by atoms with Crippen LogP contribution in [0.1, 0.15) is 22.3 Å². The van der Waals surface area contributed by atoms with Gasteiger partial charge in [0, 0.05) is 18.0 Å². The molecular weight excluding hydrogens is 300 g/mol. The molecule has 0 fully saturated rings. The molecule has 124 valence electrons. The predicted molar refractivity (Wildman–Crippen MR) is 96.2 cm³/mol. The molecule has 4 heteroatoms. The van der Waals surface area contributed by atoms with Gasteiger partial charge < -0.3 is 15.1 Å². The molecule has 24 heavy (non-hydrogen) atoms. The van der Waals surface area contributed by atoms with Crippen molar-refractivity contribution in [1.82, 2.24) is 10.6 Å². The van der Waals surface area contributed by atoms with Gasteiger partial charge in [-0.2, -0.15) is 0 Å². The fourth-order valence-corrected chi connectivity index (χ4v) is 2.84. The van der Waals surface area contributed by atoms with Gasteiger partial charge in [0.05, 0.1) is 11.8 Å². The minimum absolute atomic E-state index is 0.0676. The second-order valence-corrected chi connectivity index (χ2v) is 5.86. The minimum Gasteiger partial charge on any atom is -0.464 e. The molecule has 3 rings (SSSR count). The van der Waals surface area contributed by atoms with E-state index in [1.807, 2.05) is 37.4 Å². The van der Waals surface area contributed by atoms with Crippen molar-refractivity contribution in [3.63, 3.8) is 0 Å². The van der Waals surface area contributed by atoms with E-state index in [1.54, 1.807) is 6.26 Å². The van der Waals surface area contributed by atoms with E-state index in [4.69, 9.17) is 4.42 Å². The Kier molecular flexibility index (Phi) is 5.29. The molecule has 0 saturated carbocycles. The number of likely N-dealkylation sites (N-methyl/N-ethyl adjacent to an activating group) is 1. The number of carbonyl (C=O) groups is 1. The molecule has 0 spiro atoms. The van der Waals surface area contributed by atoms with Crippen molar-refractivity contribution in [1.29, 1.82) is 0 Å². The Hall–Kier alpha value is -2.59. The van der Waals surface area contributed by atoms with Gasteiger partial charge in [-0.1, -0.05) is 36.4 Å². The summed E-state index contributed by atoms with van der Waals surface area (Å²) in [5.74, 6) is -0.0676. The average molecular weight is 322 g/mol. The molecule has 0 bridgehead atoms. The zero-order valence-corrected chi connectivity index (χ0v) is 13.8. The number of furan rings is 1. The first-order valence-corrected chi connectivity index (χ1v) is 8.23. The van der Waals surface area contributed by atoms with Gasteiger partial charge in [-0.25, -0.2) is 0 Å². The molecular formula is C20H22N2O2. The Labute approximate surface area is 141 Å². The van der Waals surface area contributed by atoms with E-state index in [-0.39, 0.29) is 11.9 Å². The van der Waals surface area contributed by atoms with Crippen LogP contribution < -0.4 is 10.6 Å². The molecule has 0 unspecified atom stereocenters. The lowest BCUT2D eigenvalue weighted by Crippen LogP contribution is -2.39. The number of benzene rings is 2. The van der Waals surface area contributed by atoms with Crippen LogP contribution in [-0.4, -0.2) is 25.5 Å². The third-order valence-electron chi connectivity index (χ3n) is 4.28. The van der Waals surface area contributed by atoms with E-state index >= 15 is 0 Å². The van der Waals surface area contributed by atoms with Crippen LogP contribution in [0.2, 0.25) is 0 Å². The van der Waals surface area contributed by atoms with Crippen LogP contribution in [-0.2, 0) is 6.42 Å². The number of hydrogen-bond donors (Lipinski definition) is 2. The normalized spacial score (nSPS) is 12.2. The zero-order chi connectivity index (χ0) is 16.8. The van der Waals surface area contributed by atoms with Crippen molar-refractivity contribution in [3.8, 4) is 0 Å². The van der Waals surface area contributed by atoms with Crippen LogP contribution in [0.25, 0.3) is 11.0 Å². The fourth-order valence-electron chi connectivity index (χ4n) is 2.84. The van der Waals surface area contributed by atoms with Crippen LogP contribution in [0, 0.1) is 0 Å². The van der Waals surface area contributed by atoms with Crippen molar-refractivity contribution in [2.45, 2.75) is 18.9 Å². The smallest absolute Gasteiger partial charge is 0.252 e. The van der Waals surface area contributed by atoms with Gasteiger partial charge in [0.2, 0.25) is 0 Å². The SMILES string of the molecule is CN[C@H](CCc1ccccc1)CNC(=O)c1cccc2occc12. The molecule has 4 nitrogen and oxygen atoms in total. The van der Waals surface area contributed by atoms with Crippen LogP contribution in [0.3, 0.4) is 0 Å². The number of rotatable bonds is 7. The molecule has 0 aliphatic rings. The van der Waals surface area contributed by atoms with E-state index in [0.29, 0.717) is 12.1 Å². The van der Waals surface area contributed by atoms with Crippen LogP contribution in [0.5, 0.6) is 0 Å². The summed E-state index contributed by atoms with van der Waals surface area (Å²) >= 11 is 0. The molecule has 1 amide bonds. The van der Waals surface area contributed by atoms with Crippen LogP contribution >= 0.6 is 0 Å². The van der Waals surface area contributed by atoms with Gasteiger partial charge in [0.15, 0.2) is 0 Å². The predicted octanol–water partition coefficient (Wildman–Crippen LogP) is 3.38. The highest BCUT2D eigenvalue weighted by Crippen LogP contribution is 2.19. The van der Waals surface area contributed by atoms with E-state index in [1.165, 1.54) is 5.56 Å². The first kappa shape index (κ1) is 16.3. The number of fused-ring (bicyclic) bond motifs is 1. The number of aryl methyl sites for hydroxylation is 1. The fraction of sp³-hybridized carbons (Fsp3) is 0.250.